The fraction of sp³-hybridized carbons (Fsp3) is 0.250. The minimum Gasteiger partial charge on any atom is -0.358 e. The molecule has 0 saturated heterocycles. The lowest BCUT2D eigenvalue weighted by Crippen LogP contribution is -2.40. The van der Waals surface area contributed by atoms with Gasteiger partial charge >= 0.3 is 0 Å². The molecule has 24 heavy (non-hydrogen) atoms. The van der Waals surface area contributed by atoms with Gasteiger partial charge in [0.05, 0.1) is 0 Å². The third kappa shape index (κ3) is 4.09. The molecule has 0 unspecified atom stereocenters. The predicted octanol–water partition coefficient (Wildman–Crippen LogP) is 3.86. The van der Waals surface area contributed by atoms with E-state index >= 15 is 0 Å². The SMILES string of the molecule is C=CCN([C@H](C(=O)NC)c1ccc(F)cc1)[C@@H](C)c1ccccc1. The summed E-state index contributed by atoms with van der Waals surface area (Å²) in [4.78, 5) is 14.6. The number of hydrogen-bond acceptors (Lipinski definition) is 2. The Morgan fingerprint density at radius 1 is 1.17 bits per heavy atom. The van der Waals surface area contributed by atoms with Gasteiger partial charge in [0.15, 0.2) is 0 Å². The molecule has 0 aromatic heterocycles. The van der Waals surface area contributed by atoms with E-state index in [2.05, 4.69) is 23.7 Å². The molecule has 0 bridgehead atoms. The topological polar surface area (TPSA) is 32.3 Å². The summed E-state index contributed by atoms with van der Waals surface area (Å²) in [6.45, 7) is 6.41. The first-order valence-corrected chi connectivity index (χ1v) is 7.97. The zero-order valence-electron chi connectivity index (χ0n) is 14.1. The van der Waals surface area contributed by atoms with E-state index in [0.717, 1.165) is 11.1 Å². The molecule has 0 saturated carbocycles. The molecule has 0 spiro atoms. The van der Waals surface area contributed by atoms with Crippen molar-refractivity contribution in [3.63, 3.8) is 0 Å². The standard InChI is InChI=1S/C20H23FN2O/c1-4-14-23(15(2)16-8-6-5-7-9-16)19(20(24)22-3)17-10-12-18(21)13-11-17/h4-13,15,19H,1,14H2,2-3H3,(H,22,24)/t15-,19-/m0/s1. The summed E-state index contributed by atoms with van der Waals surface area (Å²) in [5.74, 6) is -0.452. The highest BCUT2D eigenvalue weighted by atomic mass is 19.1. The van der Waals surface area contributed by atoms with E-state index in [-0.39, 0.29) is 17.8 Å². The lowest BCUT2D eigenvalue weighted by atomic mass is 9.99. The third-order valence-corrected chi connectivity index (χ3v) is 4.13. The van der Waals surface area contributed by atoms with E-state index in [1.54, 1.807) is 25.3 Å². The van der Waals surface area contributed by atoms with Gasteiger partial charge < -0.3 is 5.32 Å². The summed E-state index contributed by atoms with van der Waals surface area (Å²) in [7, 11) is 1.61. The first-order chi connectivity index (χ1) is 11.6. The van der Waals surface area contributed by atoms with Crippen LogP contribution in [0.3, 0.4) is 0 Å². The molecular formula is C20H23FN2O. The maximum atomic E-state index is 13.3. The Morgan fingerprint density at radius 3 is 2.33 bits per heavy atom. The van der Waals surface area contributed by atoms with Crippen LogP contribution < -0.4 is 5.32 Å². The van der Waals surface area contributed by atoms with Gasteiger partial charge in [0.1, 0.15) is 11.9 Å². The van der Waals surface area contributed by atoms with E-state index in [0.29, 0.717) is 6.54 Å². The molecule has 0 radical (unpaired) electrons. The van der Waals surface area contributed by atoms with Gasteiger partial charge in [-0.1, -0.05) is 48.5 Å². The van der Waals surface area contributed by atoms with E-state index < -0.39 is 6.04 Å². The van der Waals surface area contributed by atoms with Gasteiger partial charge in [-0.2, -0.15) is 0 Å². The van der Waals surface area contributed by atoms with Crippen molar-refractivity contribution in [1.82, 2.24) is 10.2 Å². The number of halogens is 1. The summed E-state index contributed by atoms with van der Waals surface area (Å²) >= 11 is 0. The highest BCUT2D eigenvalue weighted by Gasteiger charge is 2.30. The Morgan fingerprint density at radius 2 is 1.79 bits per heavy atom. The lowest BCUT2D eigenvalue weighted by Gasteiger charge is -2.35. The molecule has 126 valence electrons. The number of carbonyl (C=O) groups excluding carboxylic acids is 1. The fourth-order valence-electron chi connectivity index (χ4n) is 2.83. The minimum atomic E-state index is -0.524. The number of benzene rings is 2. The highest BCUT2D eigenvalue weighted by molar-refractivity contribution is 5.83. The van der Waals surface area contributed by atoms with Crippen molar-refractivity contribution in [3.8, 4) is 0 Å². The zero-order valence-corrected chi connectivity index (χ0v) is 14.1. The molecular weight excluding hydrogens is 303 g/mol. The second kappa shape index (κ2) is 8.41. The van der Waals surface area contributed by atoms with Crippen LogP contribution in [0.15, 0.2) is 67.3 Å². The molecule has 0 aliphatic rings. The number of rotatable bonds is 7. The van der Waals surface area contributed by atoms with Crippen LogP contribution in [0.1, 0.15) is 30.1 Å². The van der Waals surface area contributed by atoms with Crippen molar-refractivity contribution >= 4 is 5.91 Å². The van der Waals surface area contributed by atoms with E-state index in [4.69, 9.17) is 0 Å². The van der Waals surface area contributed by atoms with E-state index in [1.807, 2.05) is 30.3 Å². The highest BCUT2D eigenvalue weighted by Crippen LogP contribution is 2.30. The molecule has 0 heterocycles. The van der Waals surface area contributed by atoms with Gasteiger partial charge in [-0.05, 0) is 30.2 Å². The average Bonchev–Trinajstić information content (AvgIpc) is 2.62. The van der Waals surface area contributed by atoms with Gasteiger partial charge in [0.25, 0.3) is 0 Å². The van der Waals surface area contributed by atoms with E-state index in [1.165, 1.54) is 12.1 Å². The Labute approximate surface area is 142 Å². The Balaban J connectivity index is 2.44. The smallest absolute Gasteiger partial charge is 0.241 e. The largest absolute Gasteiger partial charge is 0.358 e. The van der Waals surface area contributed by atoms with Gasteiger partial charge in [-0.15, -0.1) is 6.58 Å². The van der Waals surface area contributed by atoms with Gasteiger partial charge in [0, 0.05) is 19.6 Å². The Bertz CT molecular complexity index is 670. The normalized spacial score (nSPS) is 13.3. The summed E-state index contributed by atoms with van der Waals surface area (Å²) in [5.41, 5.74) is 1.86. The molecule has 1 amide bonds. The molecule has 1 N–H and O–H groups in total. The van der Waals surface area contributed by atoms with Crippen LogP contribution in [0, 0.1) is 5.82 Å². The van der Waals surface area contributed by atoms with E-state index in [9.17, 15) is 9.18 Å². The number of hydrogen-bond donors (Lipinski definition) is 1. The number of nitrogens with one attached hydrogen (secondary N) is 1. The second-order valence-electron chi connectivity index (χ2n) is 5.64. The molecule has 2 atom stereocenters. The molecule has 0 aliphatic heterocycles. The van der Waals surface area contributed by atoms with Crippen LogP contribution in [-0.4, -0.2) is 24.4 Å². The van der Waals surface area contributed by atoms with Gasteiger partial charge in [0.2, 0.25) is 5.91 Å². The number of likely N-dealkylation sites (N-methyl/N-ethyl adjacent to an activating group) is 1. The maximum absolute atomic E-state index is 13.3. The number of nitrogens with zero attached hydrogens (tertiary/aromatic N) is 1. The Kier molecular flexibility index (Phi) is 6.27. The summed E-state index contributed by atoms with van der Waals surface area (Å²) in [6.07, 6.45) is 1.78. The fourth-order valence-corrected chi connectivity index (χ4v) is 2.83. The zero-order chi connectivity index (χ0) is 17.5. The second-order valence-corrected chi connectivity index (χ2v) is 5.64. The lowest BCUT2D eigenvalue weighted by molar-refractivity contribution is -0.126. The van der Waals surface area contributed by atoms with Crippen LogP contribution in [0.4, 0.5) is 4.39 Å². The van der Waals surface area contributed by atoms with Gasteiger partial charge in [-0.3, -0.25) is 9.69 Å². The van der Waals surface area contributed by atoms with Crippen molar-refractivity contribution in [2.75, 3.05) is 13.6 Å². The molecule has 0 aliphatic carbocycles. The number of carbonyl (C=O) groups is 1. The molecule has 2 aromatic rings. The van der Waals surface area contributed by atoms with Crippen molar-refractivity contribution in [1.29, 1.82) is 0 Å². The van der Waals surface area contributed by atoms with Crippen LogP contribution >= 0.6 is 0 Å². The van der Waals surface area contributed by atoms with Crippen LogP contribution in [0.5, 0.6) is 0 Å². The average molecular weight is 326 g/mol. The van der Waals surface area contributed by atoms with Crippen molar-refractivity contribution < 1.29 is 9.18 Å². The van der Waals surface area contributed by atoms with Gasteiger partial charge in [-0.25, -0.2) is 4.39 Å². The summed E-state index contributed by atoms with van der Waals surface area (Å²) in [5, 5.41) is 2.71. The summed E-state index contributed by atoms with van der Waals surface area (Å²) in [6, 6.07) is 15.5. The molecule has 2 aromatic carbocycles. The van der Waals surface area contributed by atoms with Crippen molar-refractivity contribution in [2.45, 2.75) is 19.0 Å². The third-order valence-electron chi connectivity index (χ3n) is 4.13. The molecule has 2 rings (SSSR count). The van der Waals surface area contributed by atoms with Crippen LogP contribution in [-0.2, 0) is 4.79 Å². The first-order valence-electron chi connectivity index (χ1n) is 7.97. The maximum Gasteiger partial charge on any atom is 0.241 e. The first kappa shape index (κ1) is 17.9. The van der Waals surface area contributed by atoms with Crippen molar-refractivity contribution in [3.05, 3.63) is 84.2 Å². The van der Waals surface area contributed by atoms with Crippen molar-refractivity contribution in [2.24, 2.45) is 0 Å². The predicted molar refractivity (Wildman–Crippen MR) is 95.0 cm³/mol. The van der Waals surface area contributed by atoms with Crippen LogP contribution in [0.25, 0.3) is 0 Å². The molecule has 4 heteroatoms. The number of amides is 1. The minimum absolute atomic E-state index is 0.00319. The monoisotopic (exact) mass is 326 g/mol. The van der Waals surface area contributed by atoms with Crippen LogP contribution in [0.2, 0.25) is 0 Å². The molecule has 0 fully saturated rings. The quantitative estimate of drug-likeness (QED) is 0.784. The Hall–Kier alpha value is -2.46. The summed E-state index contributed by atoms with van der Waals surface area (Å²) < 4.78 is 13.3. The molecule has 3 nitrogen and oxygen atoms in total.